The van der Waals surface area contributed by atoms with Gasteiger partial charge in [0.2, 0.25) is 0 Å². The highest BCUT2D eigenvalue weighted by Crippen LogP contribution is 2.26. The normalized spacial score (nSPS) is 12.6. The van der Waals surface area contributed by atoms with Crippen LogP contribution in [0.5, 0.6) is 0 Å². The van der Waals surface area contributed by atoms with Gasteiger partial charge < -0.3 is 0 Å². The fraction of sp³-hybridized carbons (Fsp3) is 0.632. The monoisotopic (exact) mass is 274 g/mol. The Bertz CT molecular complexity index is 367. The minimum Gasteiger partial charge on any atom is -0.299 e. The molecule has 0 aliphatic carbocycles. The molecule has 0 bridgehead atoms. The van der Waals surface area contributed by atoms with Crippen molar-refractivity contribution < 1.29 is 4.79 Å². The summed E-state index contributed by atoms with van der Waals surface area (Å²) in [5, 5.41) is 0. The standard InChI is InChI=1S/C19H30O/c1-4-5-6-7-11-14-18(19(20)15-16(2)3)17-12-9-8-10-13-17/h8-10,12-13,16,18H,4-7,11,14-15H2,1-3H3/t18-/m1/s1. The van der Waals surface area contributed by atoms with Gasteiger partial charge >= 0.3 is 0 Å². The molecule has 1 rings (SSSR count). The summed E-state index contributed by atoms with van der Waals surface area (Å²) in [5.41, 5.74) is 1.20. The van der Waals surface area contributed by atoms with Crippen LogP contribution in [0.3, 0.4) is 0 Å². The lowest BCUT2D eigenvalue weighted by Gasteiger charge is -2.17. The van der Waals surface area contributed by atoms with Gasteiger partial charge in [0.05, 0.1) is 0 Å². The second-order valence-corrected chi connectivity index (χ2v) is 6.23. The van der Waals surface area contributed by atoms with E-state index in [9.17, 15) is 4.79 Å². The molecule has 0 heterocycles. The van der Waals surface area contributed by atoms with Crippen LogP contribution >= 0.6 is 0 Å². The lowest BCUT2D eigenvalue weighted by molar-refractivity contribution is -0.121. The molecule has 0 N–H and O–H groups in total. The van der Waals surface area contributed by atoms with Gasteiger partial charge in [0, 0.05) is 12.3 Å². The molecule has 1 aromatic carbocycles. The Balaban J connectivity index is 2.58. The summed E-state index contributed by atoms with van der Waals surface area (Å²) >= 11 is 0. The second kappa shape index (κ2) is 9.74. The fourth-order valence-electron chi connectivity index (χ4n) is 2.70. The molecule has 1 atom stereocenters. The zero-order chi connectivity index (χ0) is 14.8. The number of benzene rings is 1. The fourth-order valence-corrected chi connectivity index (χ4v) is 2.70. The van der Waals surface area contributed by atoms with Crippen LogP contribution in [0.15, 0.2) is 30.3 Å². The first-order valence-electron chi connectivity index (χ1n) is 8.22. The topological polar surface area (TPSA) is 17.1 Å². The van der Waals surface area contributed by atoms with Crippen LogP contribution in [0.1, 0.15) is 77.2 Å². The number of hydrogen-bond acceptors (Lipinski definition) is 1. The summed E-state index contributed by atoms with van der Waals surface area (Å²) < 4.78 is 0. The quantitative estimate of drug-likeness (QED) is 0.497. The first kappa shape index (κ1) is 16.9. The molecular formula is C19H30O. The molecule has 0 unspecified atom stereocenters. The Morgan fingerprint density at radius 2 is 1.65 bits per heavy atom. The van der Waals surface area contributed by atoms with Gasteiger partial charge in [0.1, 0.15) is 5.78 Å². The highest BCUT2D eigenvalue weighted by molar-refractivity contribution is 5.85. The number of hydrogen-bond donors (Lipinski definition) is 0. The molecule has 0 spiro atoms. The molecule has 20 heavy (non-hydrogen) atoms. The highest BCUT2D eigenvalue weighted by atomic mass is 16.1. The van der Waals surface area contributed by atoms with E-state index in [1.54, 1.807) is 0 Å². The lowest BCUT2D eigenvalue weighted by Crippen LogP contribution is -2.15. The molecule has 0 aliphatic heterocycles. The van der Waals surface area contributed by atoms with Crippen LogP contribution in [0.25, 0.3) is 0 Å². The maximum Gasteiger partial charge on any atom is 0.140 e. The first-order valence-corrected chi connectivity index (χ1v) is 8.22. The van der Waals surface area contributed by atoms with Crippen molar-refractivity contribution in [1.82, 2.24) is 0 Å². The maximum absolute atomic E-state index is 12.5. The smallest absolute Gasteiger partial charge is 0.140 e. The minimum atomic E-state index is 0.111. The molecule has 1 aromatic rings. The predicted molar refractivity (Wildman–Crippen MR) is 87.0 cm³/mol. The van der Waals surface area contributed by atoms with Crippen molar-refractivity contribution in [3.63, 3.8) is 0 Å². The van der Waals surface area contributed by atoms with Crippen molar-refractivity contribution in [2.75, 3.05) is 0 Å². The molecule has 0 amide bonds. The Hall–Kier alpha value is -1.11. The van der Waals surface area contributed by atoms with E-state index in [0.29, 0.717) is 18.1 Å². The molecule has 112 valence electrons. The maximum atomic E-state index is 12.5. The van der Waals surface area contributed by atoms with Gasteiger partial charge in [-0.3, -0.25) is 4.79 Å². The number of unbranched alkanes of at least 4 members (excludes halogenated alkanes) is 4. The van der Waals surface area contributed by atoms with Crippen LogP contribution in [0, 0.1) is 5.92 Å². The number of ketones is 1. The number of carbonyl (C=O) groups is 1. The summed E-state index contributed by atoms with van der Waals surface area (Å²) in [4.78, 5) is 12.5. The van der Waals surface area contributed by atoms with E-state index in [1.807, 2.05) is 18.2 Å². The van der Waals surface area contributed by atoms with Crippen LogP contribution in [0.2, 0.25) is 0 Å². The Morgan fingerprint density at radius 1 is 1.00 bits per heavy atom. The van der Waals surface area contributed by atoms with Gasteiger partial charge in [0.25, 0.3) is 0 Å². The average molecular weight is 274 g/mol. The van der Waals surface area contributed by atoms with E-state index in [-0.39, 0.29) is 5.92 Å². The Kier molecular flexibility index (Phi) is 8.25. The zero-order valence-electron chi connectivity index (χ0n) is 13.4. The lowest BCUT2D eigenvalue weighted by atomic mass is 9.86. The summed E-state index contributed by atoms with van der Waals surface area (Å²) in [6.45, 7) is 6.49. The van der Waals surface area contributed by atoms with E-state index in [4.69, 9.17) is 0 Å². The molecule has 0 aliphatic rings. The summed E-state index contributed by atoms with van der Waals surface area (Å²) in [5.74, 6) is 0.982. The molecule has 0 fully saturated rings. The number of carbonyl (C=O) groups excluding carboxylic acids is 1. The van der Waals surface area contributed by atoms with Crippen LogP contribution < -0.4 is 0 Å². The van der Waals surface area contributed by atoms with Crippen LogP contribution in [-0.2, 0) is 4.79 Å². The molecule has 0 saturated carbocycles. The van der Waals surface area contributed by atoms with Crippen molar-refractivity contribution in [2.24, 2.45) is 5.92 Å². The molecule has 1 heteroatoms. The van der Waals surface area contributed by atoms with Crippen molar-refractivity contribution in [1.29, 1.82) is 0 Å². The number of Topliss-reactive ketones (excluding diaryl/α,β-unsaturated/α-hetero) is 1. The van der Waals surface area contributed by atoms with Gasteiger partial charge in [-0.05, 0) is 17.9 Å². The van der Waals surface area contributed by atoms with Gasteiger partial charge in [-0.25, -0.2) is 0 Å². The first-order chi connectivity index (χ1) is 9.65. The van der Waals surface area contributed by atoms with E-state index in [1.165, 1.54) is 37.7 Å². The minimum absolute atomic E-state index is 0.111. The largest absolute Gasteiger partial charge is 0.299 e. The molecule has 0 aromatic heterocycles. The van der Waals surface area contributed by atoms with Gasteiger partial charge in [-0.1, -0.05) is 83.2 Å². The zero-order valence-corrected chi connectivity index (χ0v) is 13.4. The van der Waals surface area contributed by atoms with Crippen molar-refractivity contribution in [2.45, 2.75) is 71.6 Å². The summed E-state index contributed by atoms with van der Waals surface area (Å²) in [6, 6.07) is 10.3. The van der Waals surface area contributed by atoms with Crippen LogP contribution in [-0.4, -0.2) is 5.78 Å². The SMILES string of the molecule is CCCCCCC[C@@H](C(=O)CC(C)C)c1ccccc1. The third-order valence-corrected chi connectivity index (χ3v) is 3.80. The van der Waals surface area contributed by atoms with Gasteiger partial charge in [-0.15, -0.1) is 0 Å². The predicted octanol–water partition coefficient (Wildman–Crippen LogP) is 5.75. The third-order valence-electron chi connectivity index (χ3n) is 3.80. The average Bonchev–Trinajstić information content (AvgIpc) is 2.43. The van der Waals surface area contributed by atoms with Gasteiger partial charge in [-0.2, -0.15) is 0 Å². The Labute approximate surface area is 124 Å². The molecular weight excluding hydrogens is 244 g/mol. The van der Waals surface area contributed by atoms with Crippen LogP contribution in [0.4, 0.5) is 0 Å². The van der Waals surface area contributed by atoms with Gasteiger partial charge in [0.15, 0.2) is 0 Å². The van der Waals surface area contributed by atoms with Crippen molar-refractivity contribution in [3.05, 3.63) is 35.9 Å². The number of rotatable bonds is 10. The summed E-state index contributed by atoms with van der Waals surface area (Å²) in [7, 11) is 0. The van der Waals surface area contributed by atoms with E-state index in [0.717, 1.165) is 6.42 Å². The second-order valence-electron chi connectivity index (χ2n) is 6.23. The molecule has 1 nitrogen and oxygen atoms in total. The van der Waals surface area contributed by atoms with Crippen molar-refractivity contribution in [3.8, 4) is 0 Å². The highest BCUT2D eigenvalue weighted by Gasteiger charge is 2.20. The third kappa shape index (κ3) is 6.36. The Morgan fingerprint density at radius 3 is 2.25 bits per heavy atom. The van der Waals surface area contributed by atoms with E-state index >= 15 is 0 Å². The molecule has 0 saturated heterocycles. The molecule has 0 radical (unpaired) electrons. The van der Waals surface area contributed by atoms with E-state index in [2.05, 4.69) is 32.9 Å². The van der Waals surface area contributed by atoms with E-state index < -0.39 is 0 Å². The summed E-state index contributed by atoms with van der Waals surface area (Å²) in [6.07, 6.45) is 8.03. The van der Waals surface area contributed by atoms with Crippen molar-refractivity contribution >= 4 is 5.78 Å².